The Bertz CT molecular complexity index is 1010. The molecule has 0 saturated carbocycles. The number of hydrogen-bond acceptors (Lipinski definition) is 3. The summed E-state index contributed by atoms with van der Waals surface area (Å²) in [5.74, 6) is -0.140. The molecule has 0 aliphatic heterocycles. The molecule has 4 aromatic rings. The number of benzene rings is 2. The summed E-state index contributed by atoms with van der Waals surface area (Å²) < 4.78 is 27.5. The molecular weight excluding hydrogens is 310 g/mol. The molecule has 2 aromatic carbocycles. The van der Waals surface area contributed by atoms with Gasteiger partial charge in [0, 0.05) is 29.3 Å². The highest BCUT2D eigenvalue weighted by molar-refractivity contribution is 5.96. The van der Waals surface area contributed by atoms with Crippen molar-refractivity contribution in [2.45, 2.75) is 0 Å². The number of aromatic amines is 1. The highest BCUT2D eigenvalue weighted by atomic mass is 19.1. The van der Waals surface area contributed by atoms with E-state index < -0.39 is 11.6 Å². The van der Waals surface area contributed by atoms with Gasteiger partial charge in [0.15, 0.2) is 5.82 Å². The summed E-state index contributed by atoms with van der Waals surface area (Å²) in [4.78, 5) is 4.51. The monoisotopic (exact) mass is 322 g/mol. The molecule has 0 aliphatic carbocycles. The normalized spacial score (nSPS) is 10.9. The van der Waals surface area contributed by atoms with Crippen molar-refractivity contribution >= 4 is 22.4 Å². The van der Waals surface area contributed by atoms with Gasteiger partial charge in [-0.25, -0.2) is 13.8 Å². The maximum atomic E-state index is 14.3. The third-order valence-corrected chi connectivity index (χ3v) is 3.68. The molecule has 0 radical (unpaired) electrons. The third kappa shape index (κ3) is 2.58. The smallest absolute Gasteiger partial charge is 0.153 e. The number of hydrogen-bond donors (Lipinski definition) is 2. The van der Waals surface area contributed by atoms with E-state index in [-0.39, 0.29) is 5.56 Å². The Labute approximate surface area is 136 Å². The first-order valence-corrected chi connectivity index (χ1v) is 7.33. The third-order valence-electron chi connectivity index (χ3n) is 3.68. The van der Waals surface area contributed by atoms with Crippen LogP contribution < -0.4 is 5.32 Å². The van der Waals surface area contributed by atoms with E-state index in [4.69, 9.17) is 0 Å². The van der Waals surface area contributed by atoms with Gasteiger partial charge in [0.1, 0.15) is 17.5 Å². The van der Waals surface area contributed by atoms with E-state index in [9.17, 15) is 8.78 Å². The van der Waals surface area contributed by atoms with Gasteiger partial charge >= 0.3 is 0 Å². The summed E-state index contributed by atoms with van der Waals surface area (Å²) in [5.41, 5.74) is 0.696. The predicted molar refractivity (Wildman–Crippen MR) is 89.0 cm³/mol. The maximum Gasteiger partial charge on any atom is 0.153 e. The molecule has 118 valence electrons. The van der Waals surface area contributed by atoms with E-state index in [0.29, 0.717) is 17.3 Å². The fraction of sp³-hybridized carbons (Fsp3) is 0. The predicted octanol–water partition coefficient (Wildman–Crippen LogP) is 4.65. The molecule has 0 unspecified atom stereocenters. The second-order valence-electron chi connectivity index (χ2n) is 5.29. The highest BCUT2D eigenvalue weighted by Crippen LogP contribution is 2.31. The zero-order chi connectivity index (χ0) is 16.5. The standard InChI is InChI=1S/C18H12F2N4/c19-12-5-6-14(15(20)10-12)18-13-4-2-1-3-11(13)9-17(23-18)22-16-7-8-21-24-16/h1-10H,(H2,21,22,23,24). The van der Waals surface area contributed by atoms with Gasteiger partial charge in [0.05, 0.1) is 5.69 Å². The summed E-state index contributed by atoms with van der Waals surface area (Å²) in [6, 6.07) is 14.6. The summed E-state index contributed by atoms with van der Waals surface area (Å²) in [6.07, 6.45) is 1.68. The zero-order valence-electron chi connectivity index (χ0n) is 12.4. The van der Waals surface area contributed by atoms with Crippen molar-refractivity contribution in [2.24, 2.45) is 0 Å². The van der Waals surface area contributed by atoms with Gasteiger partial charge < -0.3 is 5.32 Å². The van der Waals surface area contributed by atoms with E-state index in [1.807, 2.05) is 30.3 Å². The molecule has 6 heteroatoms. The molecule has 0 spiro atoms. The van der Waals surface area contributed by atoms with E-state index >= 15 is 0 Å². The topological polar surface area (TPSA) is 53.6 Å². The van der Waals surface area contributed by atoms with Crippen LogP contribution in [0.3, 0.4) is 0 Å². The van der Waals surface area contributed by atoms with Crippen molar-refractivity contribution in [2.75, 3.05) is 5.32 Å². The minimum atomic E-state index is -0.649. The van der Waals surface area contributed by atoms with E-state index in [2.05, 4.69) is 20.5 Å². The van der Waals surface area contributed by atoms with E-state index in [0.717, 1.165) is 16.8 Å². The Morgan fingerprint density at radius 2 is 1.79 bits per heavy atom. The van der Waals surface area contributed by atoms with E-state index in [1.54, 1.807) is 12.3 Å². The maximum absolute atomic E-state index is 14.3. The molecule has 4 rings (SSSR count). The molecule has 0 atom stereocenters. The molecule has 4 nitrogen and oxygen atoms in total. The molecule has 2 N–H and O–H groups in total. The zero-order valence-corrected chi connectivity index (χ0v) is 12.4. The highest BCUT2D eigenvalue weighted by Gasteiger charge is 2.13. The van der Waals surface area contributed by atoms with Crippen LogP contribution in [0.25, 0.3) is 22.0 Å². The van der Waals surface area contributed by atoms with Crippen molar-refractivity contribution in [1.29, 1.82) is 0 Å². The number of H-pyrrole nitrogens is 1. The minimum absolute atomic E-state index is 0.248. The number of nitrogens with one attached hydrogen (secondary N) is 2. The average Bonchev–Trinajstić information content (AvgIpc) is 3.07. The van der Waals surface area contributed by atoms with Gasteiger partial charge in [-0.05, 0) is 23.6 Å². The van der Waals surface area contributed by atoms with Gasteiger partial charge in [-0.1, -0.05) is 24.3 Å². The number of anilines is 2. The van der Waals surface area contributed by atoms with Gasteiger partial charge in [0.2, 0.25) is 0 Å². The summed E-state index contributed by atoms with van der Waals surface area (Å²) >= 11 is 0. The number of aromatic nitrogens is 3. The molecule has 0 bridgehead atoms. The summed E-state index contributed by atoms with van der Waals surface area (Å²) in [5, 5.41) is 11.5. The first-order valence-electron chi connectivity index (χ1n) is 7.33. The van der Waals surface area contributed by atoms with Crippen LogP contribution in [-0.2, 0) is 0 Å². The fourth-order valence-electron chi connectivity index (χ4n) is 2.61. The first kappa shape index (κ1) is 14.3. The van der Waals surface area contributed by atoms with Crippen LogP contribution in [0.4, 0.5) is 20.4 Å². The average molecular weight is 322 g/mol. The van der Waals surface area contributed by atoms with Crippen molar-refractivity contribution in [3.05, 3.63) is 72.4 Å². The second kappa shape index (κ2) is 5.73. The van der Waals surface area contributed by atoms with Crippen molar-refractivity contribution in [3.8, 4) is 11.3 Å². The molecular formula is C18H12F2N4. The lowest BCUT2D eigenvalue weighted by molar-refractivity contribution is 0.585. The fourth-order valence-corrected chi connectivity index (χ4v) is 2.61. The molecule has 0 saturated heterocycles. The van der Waals surface area contributed by atoms with Crippen LogP contribution in [0.15, 0.2) is 60.8 Å². The van der Waals surface area contributed by atoms with Crippen LogP contribution >= 0.6 is 0 Å². The molecule has 2 heterocycles. The number of nitrogens with zero attached hydrogens (tertiary/aromatic N) is 2. The van der Waals surface area contributed by atoms with Crippen LogP contribution in [0.5, 0.6) is 0 Å². The lowest BCUT2D eigenvalue weighted by Gasteiger charge is -2.11. The number of halogens is 2. The number of pyridine rings is 1. The lowest BCUT2D eigenvalue weighted by atomic mass is 10.0. The Balaban J connectivity index is 1.92. The van der Waals surface area contributed by atoms with E-state index in [1.165, 1.54) is 12.1 Å². The summed E-state index contributed by atoms with van der Waals surface area (Å²) in [6.45, 7) is 0. The molecule has 24 heavy (non-hydrogen) atoms. The Morgan fingerprint density at radius 1 is 0.917 bits per heavy atom. The van der Waals surface area contributed by atoms with Gasteiger partial charge in [-0.15, -0.1) is 0 Å². The Kier molecular flexibility index (Phi) is 3.42. The quantitative estimate of drug-likeness (QED) is 0.577. The Morgan fingerprint density at radius 3 is 2.58 bits per heavy atom. The molecule has 2 aromatic heterocycles. The Hall–Kier alpha value is -3.28. The minimum Gasteiger partial charge on any atom is -0.323 e. The SMILES string of the molecule is Fc1ccc(-c2nc(Nc3cc[nH]n3)cc3ccccc23)c(F)c1. The lowest BCUT2D eigenvalue weighted by Crippen LogP contribution is -1.98. The molecule has 0 aliphatic rings. The van der Waals surface area contributed by atoms with Gasteiger partial charge in [-0.2, -0.15) is 5.10 Å². The van der Waals surface area contributed by atoms with Crippen molar-refractivity contribution < 1.29 is 8.78 Å². The first-order chi connectivity index (χ1) is 11.7. The summed E-state index contributed by atoms with van der Waals surface area (Å²) in [7, 11) is 0. The number of fused-ring (bicyclic) bond motifs is 1. The van der Waals surface area contributed by atoms with Crippen LogP contribution in [0, 0.1) is 11.6 Å². The van der Waals surface area contributed by atoms with Crippen LogP contribution in [0.2, 0.25) is 0 Å². The van der Waals surface area contributed by atoms with Gasteiger partial charge in [0.25, 0.3) is 0 Å². The van der Waals surface area contributed by atoms with Gasteiger partial charge in [-0.3, -0.25) is 5.10 Å². The van der Waals surface area contributed by atoms with Crippen molar-refractivity contribution in [3.63, 3.8) is 0 Å². The molecule has 0 fully saturated rings. The van der Waals surface area contributed by atoms with Crippen LogP contribution in [0.1, 0.15) is 0 Å². The number of rotatable bonds is 3. The molecule has 0 amide bonds. The second-order valence-corrected chi connectivity index (χ2v) is 5.29. The van der Waals surface area contributed by atoms with Crippen LogP contribution in [-0.4, -0.2) is 15.2 Å². The van der Waals surface area contributed by atoms with Crippen molar-refractivity contribution in [1.82, 2.24) is 15.2 Å². The largest absolute Gasteiger partial charge is 0.323 e.